The molecule has 116 valence electrons. The third-order valence-corrected chi connectivity index (χ3v) is 4.00. The molecule has 21 heavy (non-hydrogen) atoms. The predicted octanol–water partition coefficient (Wildman–Crippen LogP) is 1.79. The summed E-state index contributed by atoms with van der Waals surface area (Å²) in [7, 11) is 0. The van der Waals surface area contributed by atoms with E-state index in [4.69, 9.17) is 0 Å². The molecule has 2 heterocycles. The van der Waals surface area contributed by atoms with E-state index in [-0.39, 0.29) is 24.2 Å². The van der Waals surface area contributed by atoms with Gasteiger partial charge in [-0.05, 0) is 19.8 Å². The first-order valence-electron chi connectivity index (χ1n) is 7.34. The van der Waals surface area contributed by atoms with Crippen molar-refractivity contribution in [3.63, 3.8) is 0 Å². The zero-order valence-electron chi connectivity index (χ0n) is 12.2. The smallest absolute Gasteiger partial charge is 0.287 e. The fourth-order valence-electron chi connectivity index (χ4n) is 2.82. The summed E-state index contributed by atoms with van der Waals surface area (Å²) in [6.45, 7) is 2.85. The first-order chi connectivity index (χ1) is 10.1. The Bertz CT molecular complexity index is 526. The standard InChI is InChI=1S/C14H21N3O4/c1-2-15-9-12(17(20)21)8-13(15)14(19)16-7-5-3-4-6-11(16)10-18/h8-9,11,18H,2-7,10H2,1H3. The van der Waals surface area contributed by atoms with E-state index < -0.39 is 4.92 Å². The van der Waals surface area contributed by atoms with E-state index in [2.05, 4.69) is 0 Å². The number of nitrogens with zero attached hydrogens (tertiary/aromatic N) is 3. The lowest BCUT2D eigenvalue weighted by molar-refractivity contribution is -0.384. The maximum absolute atomic E-state index is 12.7. The minimum Gasteiger partial charge on any atom is -0.394 e. The molecule has 0 saturated carbocycles. The van der Waals surface area contributed by atoms with Crippen LogP contribution in [-0.2, 0) is 6.54 Å². The summed E-state index contributed by atoms with van der Waals surface area (Å²) >= 11 is 0. The Morgan fingerprint density at radius 3 is 2.86 bits per heavy atom. The molecule has 1 unspecified atom stereocenters. The van der Waals surface area contributed by atoms with Crippen LogP contribution in [0.5, 0.6) is 0 Å². The van der Waals surface area contributed by atoms with Crippen molar-refractivity contribution in [3.05, 3.63) is 28.1 Å². The molecule has 0 bridgehead atoms. The van der Waals surface area contributed by atoms with Gasteiger partial charge in [-0.1, -0.05) is 12.8 Å². The van der Waals surface area contributed by atoms with Gasteiger partial charge in [-0.2, -0.15) is 0 Å². The number of aliphatic hydroxyl groups is 1. The molecule has 1 amide bonds. The number of nitro groups is 1. The molecule has 7 heteroatoms. The summed E-state index contributed by atoms with van der Waals surface area (Å²) in [5.41, 5.74) is 0.250. The first kappa shape index (κ1) is 15.5. The maximum atomic E-state index is 12.7. The highest BCUT2D eigenvalue weighted by molar-refractivity contribution is 5.93. The van der Waals surface area contributed by atoms with Crippen LogP contribution in [0.3, 0.4) is 0 Å². The topological polar surface area (TPSA) is 88.6 Å². The number of likely N-dealkylation sites (tertiary alicyclic amines) is 1. The Labute approximate surface area is 123 Å². The molecule has 1 aliphatic rings. The van der Waals surface area contributed by atoms with Crippen LogP contribution in [0.2, 0.25) is 0 Å². The van der Waals surface area contributed by atoms with E-state index in [1.807, 2.05) is 6.92 Å². The Morgan fingerprint density at radius 1 is 1.48 bits per heavy atom. The number of rotatable bonds is 4. The molecule has 1 atom stereocenters. The summed E-state index contributed by atoms with van der Waals surface area (Å²) in [4.78, 5) is 24.8. The quantitative estimate of drug-likeness (QED) is 0.677. The lowest BCUT2D eigenvalue weighted by Crippen LogP contribution is -2.42. The van der Waals surface area contributed by atoms with Gasteiger partial charge >= 0.3 is 0 Å². The minimum absolute atomic E-state index is 0.0688. The summed E-state index contributed by atoms with van der Waals surface area (Å²) in [5.74, 6) is -0.231. The zero-order valence-corrected chi connectivity index (χ0v) is 12.2. The number of aryl methyl sites for hydroxylation is 1. The Balaban J connectivity index is 2.30. The van der Waals surface area contributed by atoms with Crippen molar-refractivity contribution < 1.29 is 14.8 Å². The van der Waals surface area contributed by atoms with Gasteiger partial charge in [0.25, 0.3) is 11.6 Å². The van der Waals surface area contributed by atoms with E-state index in [1.165, 1.54) is 12.3 Å². The average molecular weight is 295 g/mol. The van der Waals surface area contributed by atoms with Crippen LogP contribution in [0.15, 0.2) is 12.3 Å². The van der Waals surface area contributed by atoms with E-state index in [9.17, 15) is 20.0 Å². The Morgan fingerprint density at radius 2 is 2.24 bits per heavy atom. The molecule has 1 aromatic heterocycles. The summed E-state index contributed by atoms with van der Waals surface area (Å²) in [6.07, 6.45) is 5.09. The van der Waals surface area contributed by atoms with Crippen LogP contribution >= 0.6 is 0 Å². The van der Waals surface area contributed by atoms with Gasteiger partial charge in [-0.15, -0.1) is 0 Å². The number of carbonyl (C=O) groups is 1. The van der Waals surface area contributed by atoms with Gasteiger partial charge in [0.1, 0.15) is 5.69 Å². The second kappa shape index (κ2) is 6.71. The molecule has 1 aromatic rings. The Kier molecular flexibility index (Phi) is 4.95. The van der Waals surface area contributed by atoms with Gasteiger partial charge in [0.2, 0.25) is 0 Å². The van der Waals surface area contributed by atoms with Crippen molar-refractivity contribution in [2.45, 2.75) is 45.2 Å². The van der Waals surface area contributed by atoms with Gasteiger partial charge in [0.05, 0.1) is 23.8 Å². The van der Waals surface area contributed by atoms with Gasteiger partial charge < -0.3 is 14.6 Å². The second-order valence-corrected chi connectivity index (χ2v) is 5.31. The molecule has 0 radical (unpaired) electrons. The molecular formula is C14H21N3O4. The molecule has 7 nitrogen and oxygen atoms in total. The molecule has 0 aliphatic carbocycles. The lowest BCUT2D eigenvalue weighted by atomic mass is 10.1. The third kappa shape index (κ3) is 3.24. The van der Waals surface area contributed by atoms with Crippen molar-refractivity contribution >= 4 is 11.6 Å². The molecule has 1 N–H and O–H groups in total. The summed E-state index contributed by atoms with van der Waals surface area (Å²) < 4.78 is 1.60. The fourth-order valence-corrected chi connectivity index (χ4v) is 2.82. The first-order valence-corrected chi connectivity index (χ1v) is 7.34. The number of aromatic nitrogens is 1. The number of hydrogen-bond acceptors (Lipinski definition) is 4. The maximum Gasteiger partial charge on any atom is 0.287 e. The van der Waals surface area contributed by atoms with Gasteiger partial charge in [-0.3, -0.25) is 14.9 Å². The van der Waals surface area contributed by atoms with Crippen LogP contribution in [0.1, 0.15) is 43.1 Å². The lowest BCUT2D eigenvalue weighted by Gasteiger charge is -2.28. The molecule has 1 aliphatic heterocycles. The van der Waals surface area contributed by atoms with Crippen LogP contribution in [-0.4, -0.2) is 44.6 Å². The van der Waals surface area contributed by atoms with Crippen molar-refractivity contribution in [1.82, 2.24) is 9.47 Å². The molecule has 1 fully saturated rings. The third-order valence-electron chi connectivity index (χ3n) is 4.00. The Hall–Kier alpha value is -1.89. The minimum atomic E-state index is -0.491. The largest absolute Gasteiger partial charge is 0.394 e. The molecular weight excluding hydrogens is 274 g/mol. The second-order valence-electron chi connectivity index (χ2n) is 5.31. The van der Waals surface area contributed by atoms with Crippen molar-refractivity contribution in [2.75, 3.05) is 13.2 Å². The van der Waals surface area contributed by atoms with Crippen LogP contribution in [0.4, 0.5) is 5.69 Å². The predicted molar refractivity (Wildman–Crippen MR) is 77.1 cm³/mol. The van der Waals surface area contributed by atoms with E-state index in [0.717, 1.165) is 25.7 Å². The fraction of sp³-hybridized carbons (Fsp3) is 0.643. The van der Waals surface area contributed by atoms with Gasteiger partial charge in [-0.25, -0.2) is 0 Å². The molecule has 0 aromatic carbocycles. The van der Waals surface area contributed by atoms with E-state index in [0.29, 0.717) is 18.8 Å². The summed E-state index contributed by atoms with van der Waals surface area (Å²) in [6, 6.07) is 1.13. The molecule has 0 spiro atoms. The highest BCUT2D eigenvalue weighted by atomic mass is 16.6. The van der Waals surface area contributed by atoms with E-state index in [1.54, 1.807) is 9.47 Å². The average Bonchev–Trinajstić information content (AvgIpc) is 2.77. The number of aliphatic hydroxyl groups excluding tert-OH is 1. The number of hydrogen-bond donors (Lipinski definition) is 1. The number of amides is 1. The monoisotopic (exact) mass is 295 g/mol. The summed E-state index contributed by atoms with van der Waals surface area (Å²) in [5, 5.41) is 20.4. The normalized spacial score (nSPS) is 19.3. The SMILES string of the molecule is CCn1cc([N+](=O)[O-])cc1C(=O)N1CCCCCC1CO. The van der Waals surface area contributed by atoms with Crippen molar-refractivity contribution in [1.29, 1.82) is 0 Å². The number of carbonyl (C=O) groups excluding carboxylic acids is 1. The highest BCUT2D eigenvalue weighted by Gasteiger charge is 2.29. The van der Waals surface area contributed by atoms with Crippen molar-refractivity contribution in [3.8, 4) is 0 Å². The van der Waals surface area contributed by atoms with Gasteiger partial charge in [0.15, 0.2) is 0 Å². The van der Waals surface area contributed by atoms with Gasteiger partial charge in [0, 0.05) is 19.2 Å². The van der Waals surface area contributed by atoms with Crippen molar-refractivity contribution in [2.24, 2.45) is 0 Å². The van der Waals surface area contributed by atoms with Crippen LogP contribution < -0.4 is 0 Å². The van der Waals surface area contributed by atoms with Crippen LogP contribution in [0, 0.1) is 10.1 Å². The van der Waals surface area contributed by atoms with E-state index >= 15 is 0 Å². The molecule has 1 saturated heterocycles. The van der Waals surface area contributed by atoms with Crippen LogP contribution in [0.25, 0.3) is 0 Å². The molecule has 2 rings (SSSR count). The zero-order chi connectivity index (χ0) is 15.4. The highest BCUT2D eigenvalue weighted by Crippen LogP contribution is 2.22.